The molecule has 3 aromatic carbocycles. The standard InChI is InChI=1S/C39H43N4O9P/c1-51-38(49)30-18-16-26(22-33(30)53(28-12-6-4-7-13-28)29-14-8-5-9-15-29)36(47)41-21-11-3-2-10-20-40-34(46)19-17-27-24-43(39(50)42-37(27)48)35-23-31(45)32(25-44)52-35/h4-9,12-19,22,24,31-32,35,44-45H,2-3,10-11,20-21,23,25H2,1H3,(H,40,46)(H,41,47)(H,42,48,50)/b19-17+/t31-,32-,35-/m1/s1. The van der Waals surface area contributed by atoms with E-state index < -0.39 is 56.1 Å². The number of carbonyl (C=O) groups excluding carboxylic acids is 3. The topological polar surface area (TPSA) is 189 Å². The molecule has 1 aliphatic rings. The number of aliphatic hydroxyl groups is 2. The highest BCUT2D eigenvalue weighted by molar-refractivity contribution is 7.80. The largest absolute Gasteiger partial charge is 0.465 e. The van der Waals surface area contributed by atoms with Crippen molar-refractivity contribution < 1.29 is 34.1 Å². The van der Waals surface area contributed by atoms with Crippen molar-refractivity contribution in [2.75, 3.05) is 26.8 Å². The van der Waals surface area contributed by atoms with Crippen LogP contribution in [0.5, 0.6) is 0 Å². The molecule has 0 aliphatic carbocycles. The number of H-pyrrole nitrogens is 1. The monoisotopic (exact) mass is 742 g/mol. The number of nitrogens with zero attached hydrogens (tertiary/aromatic N) is 1. The number of aromatic amines is 1. The van der Waals surface area contributed by atoms with E-state index in [0.29, 0.717) is 30.6 Å². The van der Waals surface area contributed by atoms with Crippen molar-refractivity contribution in [2.45, 2.75) is 50.5 Å². The fraction of sp³-hybridized carbons (Fsp3) is 0.308. The zero-order valence-corrected chi connectivity index (χ0v) is 30.2. The highest BCUT2D eigenvalue weighted by atomic mass is 31.1. The molecule has 2 heterocycles. The van der Waals surface area contributed by atoms with Crippen LogP contribution in [0.3, 0.4) is 0 Å². The summed E-state index contributed by atoms with van der Waals surface area (Å²) in [5, 5.41) is 27.9. The SMILES string of the molecule is COC(=O)c1ccc(C(=O)NCCCCCCNC(=O)/C=C/c2cn([C@H]3C[C@@H](O)[C@@H](CO)O3)c(=O)[nH]c2=O)cc1P(c1ccccc1)c1ccccc1. The summed E-state index contributed by atoms with van der Waals surface area (Å²) in [6.45, 7) is 0.446. The molecule has 1 aliphatic heterocycles. The van der Waals surface area contributed by atoms with E-state index in [1.54, 1.807) is 18.2 Å². The second-order valence-corrected chi connectivity index (χ2v) is 14.6. The Morgan fingerprint density at radius 3 is 2.19 bits per heavy atom. The molecule has 1 fully saturated rings. The number of methoxy groups -OCH3 is 1. The van der Waals surface area contributed by atoms with Gasteiger partial charge in [0.15, 0.2) is 0 Å². The van der Waals surface area contributed by atoms with E-state index >= 15 is 0 Å². The molecule has 2 amide bonds. The zero-order chi connectivity index (χ0) is 37.7. The number of carbonyl (C=O) groups is 3. The van der Waals surface area contributed by atoms with Gasteiger partial charge in [-0.2, -0.15) is 0 Å². The van der Waals surface area contributed by atoms with Crippen LogP contribution in [0, 0.1) is 0 Å². The summed E-state index contributed by atoms with van der Waals surface area (Å²) >= 11 is 0. The Morgan fingerprint density at radius 2 is 1.58 bits per heavy atom. The third-order valence-corrected chi connectivity index (χ3v) is 11.2. The van der Waals surface area contributed by atoms with Gasteiger partial charge in [-0.15, -0.1) is 0 Å². The number of esters is 1. The Kier molecular flexibility index (Phi) is 14.0. The number of amides is 2. The Bertz CT molecular complexity index is 1980. The lowest BCUT2D eigenvalue weighted by molar-refractivity contribution is -0.116. The van der Waals surface area contributed by atoms with Crippen molar-refractivity contribution in [3.8, 4) is 0 Å². The lowest BCUT2D eigenvalue weighted by atomic mass is 10.1. The van der Waals surface area contributed by atoms with E-state index in [-0.39, 0.29) is 17.9 Å². The first-order chi connectivity index (χ1) is 25.7. The minimum absolute atomic E-state index is 0.0520. The second kappa shape index (κ2) is 19.0. The van der Waals surface area contributed by atoms with Gasteiger partial charge in [-0.3, -0.25) is 23.9 Å². The van der Waals surface area contributed by atoms with Gasteiger partial charge in [0.05, 0.1) is 30.9 Å². The quantitative estimate of drug-likeness (QED) is 0.0494. The normalized spacial score (nSPS) is 16.9. The third kappa shape index (κ3) is 10.2. The van der Waals surface area contributed by atoms with Crippen molar-refractivity contribution in [2.24, 2.45) is 0 Å². The van der Waals surface area contributed by atoms with Crippen LogP contribution in [0.1, 0.15) is 64.6 Å². The van der Waals surface area contributed by atoms with Crippen LogP contribution >= 0.6 is 7.92 Å². The van der Waals surface area contributed by atoms with Gasteiger partial charge in [0.25, 0.3) is 11.5 Å². The molecule has 0 bridgehead atoms. The number of aliphatic hydroxyl groups excluding tert-OH is 2. The zero-order valence-electron chi connectivity index (χ0n) is 29.3. The molecule has 5 N–H and O–H groups in total. The molecule has 13 nitrogen and oxygen atoms in total. The first-order valence-electron chi connectivity index (χ1n) is 17.4. The number of hydrogen-bond acceptors (Lipinski definition) is 9. The highest BCUT2D eigenvalue weighted by Gasteiger charge is 2.35. The van der Waals surface area contributed by atoms with Gasteiger partial charge in [-0.25, -0.2) is 9.59 Å². The Balaban J connectivity index is 1.09. The average molecular weight is 743 g/mol. The second-order valence-electron chi connectivity index (χ2n) is 12.4. The van der Waals surface area contributed by atoms with Crippen molar-refractivity contribution in [3.05, 3.63) is 129 Å². The molecule has 0 saturated carbocycles. The van der Waals surface area contributed by atoms with Crippen LogP contribution in [-0.2, 0) is 14.3 Å². The van der Waals surface area contributed by atoms with E-state index in [1.165, 1.54) is 25.5 Å². The van der Waals surface area contributed by atoms with Crippen LogP contribution < -0.4 is 37.8 Å². The smallest absolute Gasteiger partial charge is 0.338 e. The lowest BCUT2D eigenvalue weighted by Gasteiger charge is -2.22. The molecule has 3 atom stereocenters. The van der Waals surface area contributed by atoms with Gasteiger partial charge in [0.1, 0.15) is 12.3 Å². The van der Waals surface area contributed by atoms with Gasteiger partial charge in [-0.1, -0.05) is 73.5 Å². The minimum Gasteiger partial charge on any atom is -0.465 e. The van der Waals surface area contributed by atoms with E-state index in [4.69, 9.17) is 9.47 Å². The summed E-state index contributed by atoms with van der Waals surface area (Å²) in [5.41, 5.74) is -0.492. The summed E-state index contributed by atoms with van der Waals surface area (Å²) in [7, 11) is 0.183. The highest BCUT2D eigenvalue weighted by Crippen LogP contribution is 2.35. The molecule has 0 unspecified atom stereocenters. The van der Waals surface area contributed by atoms with Crippen molar-refractivity contribution in [1.82, 2.24) is 20.2 Å². The predicted octanol–water partition coefficient (Wildman–Crippen LogP) is 1.84. The maximum absolute atomic E-state index is 13.2. The van der Waals surface area contributed by atoms with Crippen LogP contribution in [0.25, 0.3) is 6.08 Å². The van der Waals surface area contributed by atoms with E-state index in [1.807, 2.05) is 60.7 Å². The van der Waals surface area contributed by atoms with Crippen molar-refractivity contribution in [1.29, 1.82) is 0 Å². The average Bonchev–Trinajstić information content (AvgIpc) is 3.55. The molecule has 5 rings (SSSR count). The molecule has 0 spiro atoms. The van der Waals surface area contributed by atoms with Crippen molar-refractivity contribution in [3.63, 3.8) is 0 Å². The molecule has 4 aromatic rings. The third-order valence-electron chi connectivity index (χ3n) is 8.73. The van der Waals surface area contributed by atoms with Crippen LogP contribution in [0.15, 0.2) is 101 Å². The number of benzene rings is 3. The van der Waals surface area contributed by atoms with E-state index in [0.717, 1.165) is 39.7 Å². The number of unbranched alkanes of at least 4 members (excludes halogenated alkanes) is 3. The lowest BCUT2D eigenvalue weighted by Crippen LogP contribution is -2.33. The predicted molar refractivity (Wildman–Crippen MR) is 202 cm³/mol. The van der Waals surface area contributed by atoms with Gasteiger partial charge in [0.2, 0.25) is 5.91 Å². The van der Waals surface area contributed by atoms with Crippen LogP contribution in [0.2, 0.25) is 0 Å². The van der Waals surface area contributed by atoms with E-state index in [2.05, 4.69) is 15.6 Å². The number of nitrogens with one attached hydrogen (secondary N) is 3. The molecular weight excluding hydrogens is 699 g/mol. The van der Waals surface area contributed by atoms with Gasteiger partial charge in [0, 0.05) is 42.7 Å². The number of rotatable bonds is 16. The molecule has 14 heteroatoms. The fourth-order valence-corrected chi connectivity index (χ4v) is 8.42. The molecule has 1 saturated heterocycles. The van der Waals surface area contributed by atoms with Gasteiger partial charge in [-0.05, 0) is 55.6 Å². The van der Waals surface area contributed by atoms with Crippen LogP contribution in [-0.4, -0.2) is 76.6 Å². The molecule has 53 heavy (non-hydrogen) atoms. The molecular formula is C39H43N4O9P. The first kappa shape index (κ1) is 39.0. The van der Waals surface area contributed by atoms with Gasteiger partial charge >= 0.3 is 11.7 Å². The summed E-state index contributed by atoms with van der Waals surface area (Å²) in [6, 6.07) is 24.9. The first-order valence-corrected chi connectivity index (χ1v) is 18.7. The maximum Gasteiger partial charge on any atom is 0.338 e. The Labute approximate surface area is 307 Å². The maximum atomic E-state index is 13.2. The molecule has 1 aromatic heterocycles. The molecule has 0 radical (unpaired) electrons. The minimum atomic E-state index is -1.16. The fourth-order valence-electron chi connectivity index (χ4n) is 5.95. The summed E-state index contributed by atoms with van der Waals surface area (Å²) in [5.74, 6) is -1.12. The van der Waals surface area contributed by atoms with Gasteiger partial charge < -0.3 is 30.3 Å². The Morgan fingerprint density at radius 1 is 0.943 bits per heavy atom. The summed E-state index contributed by atoms with van der Waals surface area (Å²) in [6.07, 6.45) is 4.19. The summed E-state index contributed by atoms with van der Waals surface area (Å²) in [4.78, 5) is 65.2. The van der Waals surface area contributed by atoms with E-state index in [9.17, 15) is 34.2 Å². The summed E-state index contributed by atoms with van der Waals surface area (Å²) < 4.78 is 11.7. The number of hydrogen-bond donors (Lipinski definition) is 5. The van der Waals surface area contributed by atoms with Crippen LogP contribution in [0.4, 0.5) is 0 Å². The molecule has 278 valence electrons. The van der Waals surface area contributed by atoms with Crippen molar-refractivity contribution >= 4 is 47.7 Å². The Hall–Kier alpha value is -5.20. The number of ether oxygens (including phenoxy) is 2. The number of aromatic nitrogens is 2.